The predicted molar refractivity (Wildman–Crippen MR) is 62.2 cm³/mol. The van der Waals surface area contributed by atoms with Gasteiger partial charge < -0.3 is 0 Å². The van der Waals surface area contributed by atoms with Gasteiger partial charge in [0, 0.05) is 0 Å². The first kappa shape index (κ1) is 13.2. The van der Waals surface area contributed by atoms with Crippen molar-refractivity contribution in [3.63, 3.8) is 0 Å². The highest BCUT2D eigenvalue weighted by atomic mass is 16.1. The van der Waals surface area contributed by atoms with Gasteiger partial charge in [0.2, 0.25) is 0 Å². The summed E-state index contributed by atoms with van der Waals surface area (Å²) in [6, 6.07) is 0. The smallest absolute Gasteiger partial charge is 0.143 e. The van der Waals surface area contributed by atoms with Crippen molar-refractivity contribution in [1.29, 1.82) is 0 Å². The minimum atomic E-state index is 0.0304. The van der Waals surface area contributed by atoms with Gasteiger partial charge in [-0.3, -0.25) is 4.79 Å². The van der Waals surface area contributed by atoms with Gasteiger partial charge in [0.15, 0.2) is 0 Å². The van der Waals surface area contributed by atoms with Gasteiger partial charge in [-0.1, -0.05) is 53.7 Å². The summed E-state index contributed by atoms with van der Waals surface area (Å²) >= 11 is 0. The molecule has 0 aromatic carbocycles. The monoisotopic (exact) mass is 194 g/mol. The molecule has 0 bridgehead atoms. The molecule has 0 aliphatic heterocycles. The third kappa shape index (κ3) is 5.74. The van der Waals surface area contributed by atoms with Crippen LogP contribution in [0, 0.1) is 10.8 Å². The molecule has 0 unspecified atom stereocenters. The molecule has 0 N–H and O–H groups in total. The molecule has 0 amide bonds. The Morgan fingerprint density at radius 1 is 1.00 bits per heavy atom. The summed E-state index contributed by atoms with van der Waals surface area (Å²) in [4.78, 5) is 10.5. The molecule has 0 heterocycles. The van der Waals surface area contributed by atoms with Gasteiger partial charge in [0.05, 0.1) is 0 Å². The van der Waals surface area contributed by atoms with E-state index < -0.39 is 0 Å². The van der Waals surface area contributed by atoms with Crippen LogP contribution in [0.3, 0.4) is 0 Å². The highest BCUT2D eigenvalue weighted by molar-refractivity contribution is 5.67. The summed E-state index contributed by atoms with van der Waals surface area (Å²) in [5, 5.41) is 0. The van der Waals surface area contributed by atoms with Gasteiger partial charge in [-0.15, -0.1) is 0 Å². The van der Waals surface area contributed by atoms with Crippen LogP contribution >= 0.6 is 0 Å². The van der Waals surface area contributed by atoms with E-state index in [2.05, 4.69) is 53.7 Å². The number of allylic oxidation sites excluding steroid dienone is 4. The third-order valence-corrected chi connectivity index (χ3v) is 1.88. The van der Waals surface area contributed by atoms with Crippen molar-refractivity contribution in [3.8, 4) is 0 Å². The van der Waals surface area contributed by atoms with Crippen molar-refractivity contribution in [2.45, 2.75) is 41.5 Å². The highest BCUT2D eigenvalue weighted by Gasteiger charge is 2.15. The van der Waals surface area contributed by atoms with Crippen LogP contribution in [-0.4, -0.2) is 6.29 Å². The second kappa shape index (κ2) is 4.59. The molecule has 14 heavy (non-hydrogen) atoms. The zero-order valence-electron chi connectivity index (χ0n) is 10.2. The van der Waals surface area contributed by atoms with Crippen LogP contribution in [0.1, 0.15) is 41.5 Å². The maximum absolute atomic E-state index is 10.5. The summed E-state index contributed by atoms with van der Waals surface area (Å²) < 4.78 is 0. The van der Waals surface area contributed by atoms with Gasteiger partial charge in [-0.2, -0.15) is 0 Å². The number of aldehydes is 1. The molecule has 0 aromatic heterocycles. The van der Waals surface area contributed by atoms with Crippen molar-refractivity contribution in [3.05, 3.63) is 23.8 Å². The van der Waals surface area contributed by atoms with Gasteiger partial charge >= 0.3 is 0 Å². The lowest BCUT2D eigenvalue weighted by atomic mass is 9.84. The Labute approximate surface area is 87.9 Å². The minimum absolute atomic E-state index is 0.0304. The first-order chi connectivity index (χ1) is 6.17. The molecule has 0 fully saturated rings. The fraction of sp³-hybridized carbons (Fsp3) is 0.615. The molecule has 0 atom stereocenters. The molecule has 0 radical (unpaired) electrons. The average molecular weight is 194 g/mol. The van der Waals surface area contributed by atoms with Gasteiger partial charge in [-0.25, -0.2) is 0 Å². The first-order valence-electron chi connectivity index (χ1n) is 5.02. The number of carbonyl (C=O) groups excluding carboxylic acids is 1. The van der Waals surface area contributed by atoms with E-state index in [1.54, 1.807) is 6.08 Å². The van der Waals surface area contributed by atoms with Crippen LogP contribution in [0.4, 0.5) is 0 Å². The Morgan fingerprint density at radius 2 is 1.50 bits per heavy atom. The number of carbonyl (C=O) groups is 1. The lowest BCUT2D eigenvalue weighted by Gasteiger charge is -2.21. The van der Waals surface area contributed by atoms with Crippen LogP contribution in [0.25, 0.3) is 0 Å². The van der Waals surface area contributed by atoms with Gasteiger partial charge in [0.1, 0.15) is 6.29 Å². The Bertz CT molecular complexity index is 243. The zero-order valence-corrected chi connectivity index (χ0v) is 10.2. The summed E-state index contributed by atoms with van der Waals surface area (Å²) in [6.45, 7) is 12.8. The Morgan fingerprint density at radius 3 is 1.79 bits per heavy atom. The van der Waals surface area contributed by atoms with E-state index in [1.807, 2.05) is 0 Å². The average Bonchev–Trinajstić information content (AvgIpc) is 1.93. The molecule has 0 saturated heterocycles. The van der Waals surface area contributed by atoms with Crippen LogP contribution in [0.2, 0.25) is 0 Å². The third-order valence-electron chi connectivity index (χ3n) is 1.88. The fourth-order valence-corrected chi connectivity index (χ4v) is 0.969. The van der Waals surface area contributed by atoms with Crippen molar-refractivity contribution < 1.29 is 4.79 Å². The van der Waals surface area contributed by atoms with Crippen molar-refractivity contribution in [2.24, 2.45) is 10.8 Å². The molecule has 0 saturated carbocycles. The number of hydrogen-bond donors (Lipinski definition) is 0. The Hall–Kier alpha value is -0.850. The molecule has 0 aliphatic carbocycles. The second-order valence-electron chi connectivity index (χ2n) is 5.71. The Kier molecular flexibility index (Phi) is 4.31. The normalized spacial score (nSPS) is 14.9. The maximum atomic E-state index is 10.5. The topological polar surface area (TPSA) is 17.1 Å². The maximum Gasteiger partial charge on any atom is 0.143 e. The second-order valence-corrected chi connectivity index (χ2v) is 5.71. The minimum Gasteiger partial charge on any atom is -0.299 e. The SMILES string of the molecule is CC(C)(C)C=C/C(=C\C=O)C(C)(C)C. The largest absolute Gasteiger partial charge is 0.299 e. The Balaban J connectivity index is 4.83. The molecule has 1 nitrogen and oxygen atoms in total. The molecule has 0 aliphatic rings. The van der Waals surface area contributed by atoms with Crippen LogP contribution in [0.15, 0.2) is 23.8 Å². The molecule has 0 spiro atoms. The van der Waals surface area contributed by atoms with E-state index in [1.165, 1.54) is 0 Å². The summed E-state index contributed by atoms with van der Waals surface area (Å²) in [5.74, 6) is 0. The van der Waals surface area contributed by atoms with Crippen molar-refractivity contribution >= 4 is 6.29 Å². The van der Waals surface area contributed by atoms with Crippen LogP contribution in [-0.2, 0) is 4.79 Å². The van der Waals surface area contributed by atoms with E-state index in [9.17, 15) is 4.79 Å². The molecule has 80 valence electrons. The van der Waals surface area contributed by atoms with E-state index in [-0.39, 0.29) is 10.8 Å². The molecular formula is C13H22O. The quantitative estimate of drug-likeness (QED) is 0.371. The van der Waals surface area contributed by atoms with Crippen molar-refractivity contribution in [2.75, 3.05) is 0 Å². The highest BCUT2D eigenvalue weighted by Crippen LogP contribution is 2.27. The fourth-order valence-electron chi connectivity index (χ4n) is 0.969. The molecule has 1 heteroatoms. The zero-order chi connectivity index (χ0) is 11.4. The molecule has 0 rings (SSSR count). The standard InChI is InChI=1S/C13H22O/c1-12(2,3)9-7-11(8-10-14)13(4,5)6/h7-10H,1-6H3/b9-7?,11-8+. The lowest BCUT2D eigenvalue weighted by Crippen LogP contribution is -2.09. The molecule has 0 aromatic rings. The van der Waals surface area contributed by atoms with Gasteiger partial charge in [0.25, 0.3) is 0 Å². The number of hydrogen-bond acceptors (Lipinski definition) is 1. The van der Waals surface area contributed by atoms with Crippen LogP contribution < -0.4 is 0 Å². The van der Waals surface area contributed by atoms with Crippen LogP contribution in [0.5, 0.6) is 0 Å². The van der Waals surface area contributed by atoms with E-state index in [0.29, 0.717) is 0 Å². The van der Waals surface area contributed by atoms with Gasteiger partial charge in [-0.05, 0) is 22.5 Å². The predicted octanol–water partition coefficient (Wildman–Crippen LogP) is 3.76. The van der Waals surface area contributed by atoms with E-state index >= 15 is 0 Å². The first-order valence-corrected chi connectivity index (χ1v) is 5.02. The summed E-state index contributed by atoms with van der Waals surface area (Å²) in [6.07, 6.45) is 6.68. The molecular weight excluding hydrogens is 172 g/mol. The summed E-state index contributed by atoms with van der Waals surface area (Å²) in [7, 11) is 0. The summed E-state index contributed by atoms with van der Waals surface area (Å²) in [5.41, 5.74) is 1.26. The van der Waals surface area contributed by atoms with Crippen molar-refractivity contribution in [1.82, 2.24) is 0 Å². The lowest BCUT2D eigenvalue weighted by molar-refractivity contribution is -0.104. The van der Waals surface area contributed by atoms with E-state index in [4.69, 9.17) is 0 Å². The van der Waals surface area contributed by atoms with E-state index in [0.717, 1.165) is 11.9 Å². The number of rotatable bonds is 2.